The Hall–Kier alpha value is -1.66. The van der Waals surface area contributed by atoms with Crippen molar-refractivity contribution in [2.24, 2.45) is 0 Å². The summed E-state index contributed by atoms with van der Waals surface area (Å²) in [5.74, 6) is -0.842. The molecule has 0 spiro atoms. The fraction of sp³-hybridized carbons (Fsp3) is 0.462. The minimum absolute atomic E-state index is 0.185. The highest BCUT2D eigenvalue weighted by Crippen LogP contribution is 2.20. The van der Waals surface area contributed by atoms with Gasteiger partial charge in [-0.15, -0.1) is 0 Å². The number of amides is 1. The number of nitrogens with two attached hydrogens (primary N) is 1. The lowest BCUT2D eigenvalue weighted by molar-refractivity contribution is -0.0184. The number of nitrogen functional groups attached to an aromatic ring is 1. The predicted octanol–water partition coefficient (Wildman–Crippen LogP) is 0.550. The van der Waals surface area contributed by atoms with Crippen LogP contribution in [-0.2, 0) is 4.74 Å². The Balaban J connectivity index is 2.28. The van der Waals surface area contributed by atoms with Crippen molar-refractivity contribution in [2.75, 3.05) is 32.1 Å². The van der Waals surface area contributed by atoms with Crippen LogP contribution in [0.3, 0.4) is 0 Å². The van der Waals surface area contributed by atoms with E-state index in [-0.39, 0.29) is 30.4 Å². The first-order valence-corrected chi connectivity index (χ1v) is 6.09. The van der Waals surface area contributed by atoms with Gasteiger partial charge in [0.25, 0.3) is 5.91 Å². The number of ether oxygens (including phenoxy) is 1. The van der Waals surface area contributed by atoms with Gasteiger partial charge in [-0.2, -0.15) is 0 Å². The fourth-order valence-corrected chi connectivity index (χ4v) is 2.06. The lowest BCUT2D eigenvalue weighted by Crippen LogP contribution is -2.50. The van der Waals surface area contributed by atoms with E-state index in [9.17, 15) is 14.3 Å². The second-order valence-corrected chi connectivity index (χ2v) is 4.58. The Morgan fingerprint density at radius 3 is 3.00 bits per heavy atom. The second kappa shape index (κ2) is 5.54. The molecule has 1 unspecified atom stereocenters. The molecule has 1 heterocycles. The quantitative estimate of drug-likeness (QED) is 0.768. The highest BCUT2D eigenvalue weighted by Gasteiger charge is 2.28. The molecule has 2 rings (SSSR count). The van der Waals surface area contributed by atoms with Crippen LogP contribution in [0.4, 0.5) is 10.1 Å². The molecule has 0 radical (unpaired) electrons. The standard InChI is InChI=1S/C13H17FN2O3/c1-8-11(14)4-9(5-12(8)15)13(18)16-2-3-19-7-10(16)6-17/h4-5,10,17H,2-3,6-7,15H2,1H3. The molecule has 1 aromatic carbocycles. The van der Waals surface area contributed by atoms with Gasteiger partial charge in [0, 0.05) is 23.4 Å². The fourth-order valence-electron chi connectivity index (χ4n) is 2.06. The lowest BCUT2D eigenvalue weighted by Gasteiger charge is -2.34. The number of aliphatic hydroxyl groups is 1. The van der Waals surface area contributed by atoms with E-state index in [1.54, 1.807) is 6.92 Å². The topological polar surface area (TPSA) is 75.8 Å². The van der Waals surface area contributed by atoms with Gasteiger partial charge in [-0.25, -0.2) is 4.39 Å². The second-order valence-electron chi connectivity index (χ2n) is 4.58. The highest BCUT2D eigenvalue weighted by molar-refractivity contribution is 5.95. The van der Waals surface area contributed by atoms with Gasteiger partial charge in [-0.05, 0) is 19.1 Å². The Morgan fingerprint density at radius 2 is 2.37 bits per heavy atom. The lowest BCUT2D eigenvalue weighted by atomic mass is 10.1. The molecule has 1 saturated heterocycles. The number of hydrogen-bond acceptors (Lipinski definition) is 4. The SMILES string of the molecule is Cc1c(N)cc(C(=O)N2CCOCC2CO)cc1F. The van der Waals surface area contributed by atoms with Crippen LogP contribution >= 0.6 is 0 Å². The summed E-state index contributed by atoms with van der Waals surface area (Å²) in [7, 11) is 0. The molecule has 3 N–H and O–H groups in total. The Bertz CT molecular complexity index is 470. The first-order chi connectivity index (χ1) is 9.04. The number of halogens is 1. The molecule has 5 nitrogen and oxygen atoms in total. The van der Waals surface area contributed by atoms with E-state index in [2.05, 4.69) is 0 Å². The number of benzene rings is 1. The van der Waals surface area contributed by atoms with Gasteiger partial charge in [0.05, 0.1) is 25.9 Å². The van der Waals surface area contributed by atoms with Gasteiger partial charge in [-0.3, -0.25) is 4.79 Å². The summed E-state index contributed by atoms with van der Waals surface area (Å²) in [6.07, 6.45) is 0. The van der Waals surface area contributed by atoms with Crippen molar-refractivity contribution >= 4 is 11.6 Å². The third kappa shape index (κ3) is 2.69. The van der Waals surface area contributed by atoms with Crippen LogP contribution in [0.2, 0.25) is 0 Å². The van der Waals surface area contributed by atoms with Crippen molar-refractivity contribution in [3.05, 3.63) is 29.1 Å². The first kappa shape index (κ1) is 13.8. The summed E-state index contributed by atoms with van der Waals surface area (Å²) in [6.45, 7) is 2.44. The maximum atomic E-state index is 13.6. The average molecular weight is 268 g/mol. The molecule has 1 fully saturated rings. The molecule has 1 atom stereocenters. The normalized spacial score (nSPS) is 19.5. The molecule has 104 valence electrons. The van der Waals surface area contributed by atoms with Gasteiger partial charge in [-0.1, -0.05) is 0 Å². The molecule has 1 amide bonds. The molecular formula is C13H17FN2O3. The van der Waals surface area contributed by atoms with E-state index in [0.717, 1.165) is 0 Å². The Labute approximate surface area is 110 Å². The number of morpholine rings is 1. The van der Waals surface area contributed by atoms with Gasteiger partial charge in [0.1, 0.15) is 5.82 Å². The maximum Gasteiger partial charge on any atom is 0.254 e. The van der Waals surface area contributed by atoms with E-state index in [4.69, 9.17) is 10.5 Å². The number of carbonyl (C=O) groups excluding carboxylic acids is 1. The molecular weight excluding hydrogens is 251 g/mol. The average Bonchev–Trinajstić information content (AvgIpc) is 2.43. The van der Waals surface area contributed by atoms with E-state index in [1.807, 2.05) is 0 Å². The zero-order chi connectivity index (χ0) is 14.0. The van der Waals surface area contributed by atoms with Crippen molar-refractivity contribution in [3.63, 3.8) is 0 Å². The van der Waals surface area contributed by atoms with Crippen LogP contribution in [0.25, 0.3) is 0 Å². The van der Waals surface area contributed by atoms with E-state index < -0.39 is 11.9 Å². The zero-order valence-electron chi connectivity index (χ0n) is 10.7. The number of aliphatic hydroxyl groups excluding tert-OH is 1. The molecule has 1 aliphatic rings. The third-order valence-electron chi connectivity index (χ3n) is 3.33. The predicted molar refractivity (Wildman–Crippen MR) is 68.3 cm³/mol. The van der Waals surface area contributed by atoms with Gasteiger partial charge in [0.15, 0.2) is 0 Å². The summed E-state index contributed by atoms with van der Waals surface area (Å²) >= 11 is 0. The van der Waals surface area contributed by atoms with Gasteiger partial charge < -0.3 is 20.5 Å². The zero-order valence-corrected chi connectivity index (χ0v) is 10.7. The van der Waals surface area contributed by atoms with Crippen molar-refractivity contribution in [1.29, 1.82) is 0 Å². The van der Waals surface area contributed by atoms with Crippen LogP contribution in [-0.4, -0.2) is 48.3 Å². The molecule has 0 saturated carbocycles. The molecule has 19 heavy (non-hydrogen) atoms. The van der Waals surface area contributed by atoms with Gasteiger partial charge in [0.2, 0.25) is 0 Å². The van der Waals surface area contributed by atoms with Crippen LogP contribution < -0.4 is 5.73 Å². The summed E-state index contributed by atoms with van der Waals surface area (Å²) in [5.41, 5.74) is 6.44. The largest absolute Gasteiger partial charge is 0.398 e. The number of carbonyl (C=O) groups is 1. The minimum atomic E-state index is -0.503. The number of rotatable bonds is 2. The molecule has 0 aliphatic carbocycles. The van der Waals surface area contributed by atoms with Crippen molar-refractivity contribution in [2.45, 2.75) is 13.0 Å². The van der Waals surface area contributed by atoms with E-state index >= 15 is 0 Å². The molecule has 0 aromatic heterocycles. The van der Waals surface area contributed by atoms with E-state index in [1.165, 1.54) is 17.0 Å². The maximum absolute atomic E-state index is 13.6. The van der Waals surface area contributed by atoms with Crippen LogP contribution in [0, 0.1) is 12.7 Å². The highest BCUT2D eigenvalue weighted by atomic mass is 19.1. The summed E-state index contributed by atoms with van der Waals surface area (Å²) in [4.78, 5) is 13.8. The van der Waals surface area contributed by atoms with Crippen LogP contribution in [0.15, 0.2) is 12.1 Å². The molecule has 0 bridgehead atoms. The number of anilines is 1. The number of nitrogens with zero attached hydrogens (tertiary/aromatic N) is 1. The number of hydrogen-bond donors (Lipinski definition) is 2. The van der Waals surface area contributed by atoms with E-state index in [0.29, 0.717) is 18.7 Å². The summed E-state index contributed by atoms with van der Waals surface area (Å²) in [6, 6.07) is 2.24. The smallest absolute Gasteiger partial charge is 0.254 e. The molecule has 1 aliphatic heterocycles. The van der Waals surface area contributed by atoms with Crippen molar-refractivity contribution in [3.8, 4) is 0 Å². The van der Waals surface area contributed by atoms with Crippen molar-refractivity contribution < 1.29 is 19.0 Å². The third-order valence-corrected chi connectivity index (χ3v) is 3.33. The summed E-state index contributed by atoms with van der Waals surface area (Å²) in [5, 5.41) is 9.24. The monoisotopic (exact) mass is 268 g/mol. The molecule has 1 aromatic rings. The van der Waals surface area contributed by atoms with Crippen LogP contribution in [0.1, 0.15) is 15.9 Å². The van der Waals surface area contributed by atoms with Crippen LogP contribution in [0.5, 0.6) is 0 Å². The Kier molecular flexibility index (Phi) is 4.01. The Morgan fingerprint density at radius 1 is 1.63 bits per heavy atom. The first-order valence-electron chi connectivity index (χ1n) is 6.09. The van der Waals surface area contributed by atoms with Crippen molar-refractivity contribution in [1.82, 2.24) is 4.90 Å². The molecule has 6 heteroatoms. The van der Waals surface area contributed by atoms with Gasteiger partial charge >= 0.3 is 0 Å². The minimum Gasteiger partial charge on any atom is -0.398 e. The summed E-state index contributed by atoms with van der Waals surface area (Å²) < 4.78 is 18.8.